The highest BCUT2D eigenvalue weighted by atomic mass is 32.2. The average molecular weight is 252 g/mol. The molecule has 1 aromatic carbocycles. The number of benzene rings is 1. The summed E-state index contributed by atoms with van der Waals surface area (Å²) in [7, 11) is 0. The lowest BCUT2D eigenvalue weighted by atomic mass is 9.87. The molecule has 0 saturated heterocycles. The van der Waals surface area contributed by atoms with Gasteiger partial charge < -0.3 is 5.11 Å². The van der Waals surface area contributed by atoms with Gasteiger partial charge in [-0.3, -0.25) is 0 Å². The third kappa shape index (κ3) is 4.72. The summed E-state index contributed by atoms with van der Waals surface area (Å²) in [5.74, 6) is 0.724. The van der Waals surface area contributed by atoms with Crippen molar-refractivity contribution in [3.8, 4) is 0 Å². The normalized spacial score (nSPS) is 12.9. The van der Waals surface area contributed by atoms with E-state index in [2.05, 4.69) is 45.9 Å². The molecule has 96 valence electrons. The van der Waals surface area contributed by atoms with Crippen LogP contribution in [0.25, 0.3) is 0 Å². The van der Waals surface area contributed by atoms with Gasteiger partial charge in [0.1, 0.15) is 0 Å². The molecule has 0 heterocycles. The van der Waals surface area contributed by atoms with Gasteiger partial charge in [-0.2, -0.15) is 0 Å². The predicted octanol–water partition coefficient (Wildman–Crippen LogP) is 4.16. The van der Waals surface area contributed by atoms with Crippen molar-refractivity contribution in [2.45, 2.75) is 57.5 Å². The summed E-state index contributed by atoms with van der Waals surface area (Å²) in [6.45, 7) is 12.5. The van der Waals surface area contributed by atoms with E-state index in [-0.39, 0.29) is 5.41 Å². The van der Waals surface area contributed by atoms with Crippen molar-refractivity contribution in [3.63, 3.8) is 0 Å². The van der Waals surface area contributed by atoms with E-state index in [1.54, 1.807) is 11.8 Å². The average Bonchev–Trinajstić information content (AvgIpc) is 2.13. The van der Waals surface area contributed by atoms with Crippen LogP contribution in [0.2, 0.25) is 0 Å². The van der Waals surface area contributed by atoms with Gasteiger partial charge in [0, 0.05) is 10.6 Å². The first-order chi connectivity index (χ1) is 7.59. The number of aliphatic hydroxyl groups is 1. The largest absolute Gasteiger partial charge is 0.390 e. The summed E-state index contributed by atoms with van der Waals surface area (Å²) in [6.07, 6.45) is 0. The number of aryl methyl sites for hydroxylation is 1. The topological polar surface area (TPSA) is 20.2 Å². The highest BCUT2D eigenvalue weighted by Crippen LogP contribution is 2.31. The van der Waals surface area contributed by atoms with Crippen LogP contribution in [0.5, 0.6) is 0 Å². The Hall–Kier alpha value is -0.470. The molecule has 0 amide bonds. The molecule has 1 aromatic rings. The van der Waals surface area contributed by atoms with Crippen LogP contribution in [0.3, 0.4) is 0 Å². The van der Waals surface area contributed by atoms with E-state index in [1.165, 1.54) is 16.0 Å². The van der Waals surface area contributed by atoms with E-state index in [4.69, 9.17) is 0 Å². The Morgan fingerprint density at radius 3 is 2.18 bits per heavy atom. The summed E-state index contributed by atoms with van der Waals surface area (Å²) in [5, 5.41) is 9.78. The molecule has 0 saturated carbocycles. The van der Waals surface area contributed by atoms with Crippen molar-refractivity contribution in [2.75, 3.05) is 5.75 Å². The van der Waals surface area contributed by atoms with Gasteiger partial charge in [0.2, 0.25) is 0 Å². The minimum absolute atomic E-state index is 0.178. The zero-order chi connectivity index (χ0) is 13.3. The van der Waals surface area contributed by atoms with Gasteiger partial charge in [0.15, 0.2) is 0 Å². The van der Waals surface area contributed by atoms with E-state index in [0.717, 1.165) is 5.75 Å². The summed E-state index contributed by atoms with van der Waals surface area (Å²) < 4.78 is 0. The van der Waals surface area contributed by atoms with E-state index >= 15 is 0 Å². The minimum atomic E-state index is -0.616. The molecule has 0 fully saturated rings. The maximum absolute atomic E-state index is 9.78. The SMILES string of the molecule is Cc1ccc(C(C)(C)C)cc1SCC(C)(C)O. The fourth-order valence-corrected chi connectivity index (χ4v) is 2.49. The van der Waals surface area contributed by atoms with Gasteiger partial charge in [0.05, 0.1) is 5.60 Å². The molecule has 0 aliphatic heterocycles. The van der Waals surface area contributed by atoms with Crippen LogP contribution >= 0.6 is 11.8 Å². The maximum atomic E-state index is 9.78. The second kappa shape index (κ2) is 5.03. The van der Waals surface area contributed by atoms with Gasteiger partial charge >= 0.3 is 0 Å². The van der Waals surface area contributed by atoms with Crippen LogP contribution in [0, 0.1) is 6.92 Å². The van der Waals surface area contributed by atoms with Crippen LogP contribution in [0.1, 0.15) is 45.7 Å². The van der Waals surface area contributed by atoms with Gasteiger partial charge in [-0.25, -0.2) is 0 Å². The first kappa shape index (κ1) is 14.6. The molecule has 0 spiro atoms. The summed E-state index contributed by atoms with van der Waals surface area (Å²) in [5.41, 5.74) is 2.20. The van der Waals surface area contributed by atoms with Crippen LogP contribution in [0.15, 0.2) is 23.1 Å². The second-order valence-corrected chi connectivity index (χ2v) is 7.35. The molecular weight excluding hydrogens is 228 g/mol. The molecule has 0 bridgehead atoms. The van der Waals surface area contributed by atoms with Gasteiger partial charge in [-0.15, -0.1) is 11.8 Å². The fraction of sp³-hybridized carbons (Fsp3) is 0.600. The molecule has 0 atom stereocenters. The van der Waals surface area contributed by atoms with Crippen LogP contribution in [0.4, 0.5) is 0 Å². The maximum Gasteiger partial charge on any atom is 0.0685 e. The standard InChI is InChI=1S/C15H24OS/c1-11-7-8-12(14(2,3)4)9-13(11)17-10-15(5,6)16/h7-9,16H,10H2,1-6H3. The molecule has 0 unspecified atom stereocenters. The zero-order valence-corrected chi connectivity index (χ0v) is 12.6. The Morgan fingerprint density at radius 1 is 1.12 bits per heavy atom. The van der Waals surface area contributed by atoms with Crippen LogP contribution < -0.4 is 0 Å². The van der Waals surface area contributed by atoms with Crippen LogP contribution in [-0.2, 0) is 5.41 Å². The first-order valence-electron chi connectivity index (χ1n) is 6.06. The highest BCUT2D eigenvalue weighted by Gasteiger charge is 2.17. The first-order valence-corrected chi connectivity index (χ1v) is 7.04. The molecule has 0 radical (unpaired) electrons. The fourth-order valence-electron chi connectivity index (χ4n) is 1.48. The molecule has 2 heteroatoms. The van der Waals surface area contributed by atoms with Crippen molar-refractivity contribution in [1.29, 1.82) is 0 Å². The minimum Gasteiger partial charge on any atom is -0.390 e. The van der Waals surface area contributed by atoms with Crippen molar-refractivity contribution >= 4 is 11.8 Å². The number of rotatable bonds is 3. The smallest absolute Gasteiger partial charge is 0.0685 e. The van der Waals surface area contributed by atoms with Gasteiger partial charge in [-0.05, 0) is 43.4 Å². The van der Waals surface area contributed by atoms with Gasteiger partial charge in [-0.1, -0.05) is 32.9 Å². The van der Waals surface area contributed by atoms with E-state index in [1.807, 2.05) is 13.8 Å². The molecule has 0 aromatic heterocycles. The molecule has 17 heavy (non-hydrogen) atoms. The third-order valence-corrected chi connectivity index (χ3v) is 4.24. The second-order valence-electron chi connectivity index (χ2n) is 6.33. The Labute approximate surface area is 110 Å². The number of hydrogen-bond donors (Lipinski definition) is 1. The molecule has 1 N–H and O–H groups in total. The number of thioether (sulfide) groups is 1. The lowest BCUT2D eigenvalue weighted by molar-refractivity contribution is 0.107. The third-order valence-electron chi connectivity index (χ3n) is 2.64. The van der Waals surface area contributed by atoms with E-state index < -0.39 is 5.60 Å². The predicted molar refractivity (Wildman–Crippen MR) is 76.9 cm³/mol. The number of hydrogen-bond acceptors (Lipinski definition) is 2. The van der Waals surface area contributed by atoms with Crippen molar-refractivity contribution in [1.82, 2.24) is 0 Å². The molecule has 1 rings (SSSR count). The Balaban J connectivity index is 2.92. The Bertz CT molecular complexity index is 383. The zero-order valence-electron chi connectivity index (χ0n) is 11.8. The molecule has 0 aliphatic rings. The van der Waals surface area contributed by atoms with Crippen molar-refractivity contribution in [2.24, 2.45) is 0 Å². The summed E-state index contributed by atoms with van der Waals surface area (Å²) in [6, 6.07) is 6.63. The monoisotopic (exact) mass is 252 g/mol. The van der Waals surface area contributed by atoms with Crippen LogP contribution in [-0.4, -0.2) is 16.5 Å². The van der Waals surface area contributed by atoms with Crippen molar-refractivity contribution < 1.29 is 5.11 Å². The molecular formula is C15H24OS. The quantitative estimate of drug-likeness (QED) is 0.815. The Morgan fingerprint density at radius 2 is 1.71 bits per heavy atom. The highest BCUT2D eigenvalue weighted by molar-refractivity contribution is 7.99. The summed E-state index contributed by atoms with van der Waals surface area (Å²) >= 11 is 1.73. The van der Waals surface area contributed by atoms with E-state index in [0.29, 0.717) is 0 Å². The van der Waals surface area contributed by atoms with Gasteiger partial charge in [0.25, 0.3) is 0 Å². The molecule has 0 aliphatic carbocycles. The molecule has 1 nitrogen and oxygen atoms in total. The lowest BCUT2D eigenvalue weighted by Crippen LogP contribution is -2.21. The Kier molecular flexibility index (Phi) is 4.32. The lowest BCUT2D eigenvalue weighted by Gasteiger charge is -2.22. The van der Waals surface area contributed by atoms with Crippen molar-refractivity contribution in [3.05, 3.63) is 29.3 Å². The summed E-state index contributed by atoms with van der Waals surface area (Å²) in [4.78, 5) is 1.28. The van der Waals surface area contributed by atoms with E-state index in [9.17, 15) is 5.11 Å².